The van der Waals surface area contributed by atoms with Crippen molar-refractivity contribution >= 4 is 22.7 Å². The molecule has 0 aliphatic heterocycles. The highest BCUT2D eigenvalue weighted by atomic mass is 32.1. The summed E-state index contributed by atoms with van der Waals surface area (Å²) in [4.78, 5) is 8.58. The van der Waals surface area contributed by atoms with Crippen molar-refractivity contribution in [3.63, 3.8) is 0 Å². The molecule has 0 saturated heterocycles. The first-order valence-corrected chi connectivity index (χ1v) is 8.05. The minimum Gasteiger partial charge on any atom is -0.497 e. The first-order valence-electron chi connectivity index (χ1n) is 7.17. The highest BCUT2D eigenvalue weighted by molar-refractivity contribution is 7.14. The molecule has 7 heteroatoms. The number of hydrogen-bond donors (Lipinski definition) is 1. The quantitative estimate of drug-likeness (QED) is 0.548. The van der Waals surface area contributed by atoms with Crippen molar-refractivity contribution in [2.24, 2.45) is 5.10 Å². The first-order chi connectivity index (χ1) is 11.8. The van der Waals surface area contributed by atoms with Gasteiger partial charge in [-0.3, -0.25) is 10.4 Å². The van der Waals surface area contributed by atoms with Crippen molar-refractivity contribution < 1.29 is 9.47 Å². The molecule has 3 rings (SSSR count). The monoisotopic (exact) mass is 340 g/mol. The van der Waals surface area contributed by atoms with Crippen LogP contribution in [0.4, 0.5) is 5.13 Å². The summed E-state index contributed by atoms with van der Waals surface area (Å²) in [5.74, 6) is 1.46. The Morgan fingerprint density at radius 2 is 2.12 bits per heavy atom. The van der Waals surface area contributed by atoms with Gasteiger partial charge in [-0.15, -0.1) is 11.3 Å². The number of pyridine rings is 1. The molecule has 0 spiro atoms. The van der Waals surface area contributed by atoms with Gasteiger partial charge < -0.3 is 9.47 Å². The minimum atomic E-state index is 0.701. The minimum absolute atomic E-state index is 0.701. The smallest absolute Gasteiger partial charge is 0.203 e. The highest BCUT2D eigenvalue weighted by Gasteiger charge is 2.05. The number of hydrogen-bond acceptors (Lipinski definition) is 7. The molecule has 0 atom stereocenters. The standard InChI is InChI=1S/C17H16N4O2S/c1-22-14-5-6-16(23-2)13(8-14)10-19-21-17-20-15(11-24-17)12-4-3-7-18-9-12/h3-11H,1-2H3,(H,20,21)/b19-10+. The summed E-state index contributed by atoms with van der Waals surface area (Å²) in [6, 6.07) is 9.38. The Balaban J connectivity index is 1.72. The molecule has 0 saturated carbocycles. The van der Waals surface area contributed by atoms with Gasteiger partial charge in [0.15, 0.2) is 0 Å². The van der Waals surface area contributed by atoms with E-state index >= 15 is 0 Å². The van der Waals surface area contributed by atoms with E-state index in [-0.39, 0.29) is 0 Å². The maximum absolute atomic E-state index is 5.31. The largest absolute Gasteiger partial charge is 0.497 e. The maximum Gasteiger partial charge on any atom is 0.203 e. The Morgan fingerprint density at radius 3 is 2.88 bits per heavy atom. The number of nitrogens with zero attached hydrogens (tertiary/aromatic N) is 3. The summed E-state index contributed by atoms with van der Waals surface area (Å²) in [5.41, 5.74) is 5.58. The van der Waals surface area contributed by atoms with Crippen molar-refractivity contribution in [3.05, 3.63) is 53.7 Å². The van der Waals surface area contributed by atoms with E-state index in [0.717, 1.165) is 28.3 Å². The van der Waals surface area contributed by atoms with Crippen molar-refractivity contribution in [2.45, 2.75) is 0 Å². The van der Waals surface area contributed by atoms with E-state index in [9.17, 15) is 0 Å². The lowest BCUT2D eigenvalue weighted by atomic mass is 10.2. The van der Waals surface area contributed by atoms with Crippen molar-refractivity contribution in [1.29, 1.82) is 0 Å². The number of thiazole rings is 1. The van der Waals surface area contributed by atoms with Crippen LogP contribution in [0.25, 0.3) is 11.3 Å². The van der Waals surface area contributed by atoms with Gasteiger partial charge in [-0.1, -0.05) is 0 Å². The molecule has 6 nitrogen and oxygen atoms in total. The fraction of sp³-hybridized carbons (Fsp3) is 0.118. The molecule has 0 unspecified atom stereocenters. The maximum atomic E-state index is 5.31. The van der Waals surface area contributed by atoms with Crippen LogP contribution in [-0.2, 0) is 0 Å². The van der Waals surface area contributed by atoms with Gasteiger partial charge >= 0.3 is 0 Å². The van der Waals surface area contributed by atoms with E-state index in [2.05, 4.69) is 20.5 Å². The number of benzene rings is 1. The summed E-state index contributed by atoms with van der Waals surface area (Å²) in [6.07, 6.45) is 5.19. The van der Waals surface area contributed by atoms with Crippen LogP contribution < -0.4 is 14.9 Å². The molecule has 24 heavy (non-hydrogen) atoms. The average molecular weight is 340 g/mol. The molecular weight excluding hydrogens is 324 g/mol. The van der Waals surface area contributed by atoms with Gasteiger partial charge in [0, 0.05) is 28.9 Å². The zero-order valence-corrected chi connectivity index (χ0v) is 14.1. The number of hydrazone groups is 1. The molecular formula is C17H16N4O2S. The summed E-state index contributed by atoms with van der Waals surface area (Å²) >= 11 is 1.48. The predicted molar refractivity (Wildman–Crippen MR) is 96.1 cm³/mol. The molecule has 0 amide bonds. The first kappa shape index (κ1) is 15.9. The van der Waals surface area contributed by atoms with Gasteiger partial charge in [0.1, 0.15) is 11.5 Å². The highest BCUT2D eigenvalue weighted by Crippen LogP contribution is 2.25. The van der Waals surface area contributed by atoms with Crippen LogP contribution in [-0.4, -0.2) is 30.4 Å². The van der Waals surface area contributed by atoms with Gasteiger partial charge in [0.25, 0.3) is 0 Å². The molecule has 3 aromatic rings. The molecule has 2 heterocycles. The summed E-state index contributed by atoms with van der Waals surface area (Å²) < 4.78 is 10.5. The lowest BCUT2D eigenvalue weighted by Crippen LogP contribution is -1.95. The van der Waals surface area contributed by atoms with Crippen LogP contribution in [0.15, 0.2) is 53.2 Å². The van der Waals surface area contributed by atoms with Crippen LogP contribution in [0.1, 0.15) is 5.56 Å². The second kappa shape index (κ2) is 7.56. The molecule has 122 valence electrons. The second-order valence-electron chi connectivity index (χ2n) is 4.76. The second-order valence-corrected chi connectivity index (χ2v) is 5.62. The number of anilines is 1. The molecule has 0 fully saturated rings. The number of methoxy groups -OCH3 is 2. The SMILES string of the molecule is COc1ccc(OC)c(/C=N/Nc2nc(-c3cccnc3)cs2)c1. The Morgan fingerprint density at radius 1 is 1.21 bits per heavy atom. The number of ether oxygens (including phenoxy) is 2. The number of rotatable bonds is 6. The molecule has 1 aromatic carbocycles. The van der Waals surface area contributed by atoms with Gasteiger partial charge in [-0.25, -0.2) is 4.98 Å². The third-order valence-electron chi connectivity index (χ3n) is 3.26. The fourth-order valence-electron chi connectivity index (χ4n) is 2.07. The lowest BCUT2D eigenvalue weighted by Gasteiger charge is -2.06. The Hall–Kier alpha value is -2.93. The number of nitrogens with one attached hydrogen (secondary N) is 1. The van der Waals surface area contributed by atoms with E-state index in [0.29, 0.717) is 5.13 Å². The zero-order chi connectivity index (χ0) is 16.8. The van der Waals surface area contributed by atoms with Gasteiger partial charge in [-0.05, 0) is 30.3 Å². The van der Waals surface area contributed by atoms with Crippen LogP contribution in [0, 0.1) is 0 Å². The van der Waals surface area contributed by atoms with E-state index in [1.165, 1.54) is 11.3 Å². The average Bonchev–Trinajstić information content (AvgIpc) is 3.11. The Labute approximate surface area is 143 Å². The zero-order valence-electron chi connectivity index (χ0n) is 13.3. The van der Waals surface area contributed by atoms with Crippen LogP contribution >= 0.6 is 11.3 Å². The molecule has 0 aliphatic rings. The van der Waals surface area contributed by atoms with Crippen molar-refractivity contribution in [3.8, 4) is 22.8 Å². The number of aromatic nitrogens is 2. The van der Waals surface area contributed by atoms with Gasteiger partial charge in [0.05, 0.1) is 26.1 Å². The molecule has 0 bridgehead atoms. The normalized spacial score (nSPS) is 10.8. The predicted octanol–water partition coefficient (Wildman–Crippen LogP) is 3.67. The van der Waals surface area contributed by atoms with Gasteiger partial charge in [0.2, 0.25) is 5.13 Å². The van der Waals surface area contributed by atoms with E-state index in [1.54, 1.807) is 32.8 Å². The van der Waals surface area contributed by atoms with Gasteiger partial charge in [-0.2, -0.15) is 5.10 Å². The summed E-state index contributed by atoms with van der Waals surface area (Å²) in [7, 11) is 3.24. The molecule has 0 radical (unpaired) electrons. The van der Waals surface area contributed by atoms with E-state index in [4.69, 9.17) is 9.47 Å². The Bertz CT molecular complexity index is 834. The fourth-order valence-corrected chi connectivity index (χ4v) is 2.74. The molecule has 0 aliphatic carbocycles. The summed E-state index contributed by atoms with van der Waals surface area (Å²) in [6.45, 7) is 0. The van der Waals surface area contributed by atoms with E-state index < -0.39 is 0 Å². The topological polar surface area (TPSA) is 68.6 Å². The Kier molecular flexibility index (Phi) is 5.02. The summed E-state index contributed by atoms with van der Waals surface area (Å²) in [5, 5.41) is 6.88. The van der Waals surface area contributed by atoms with Crippen LogP contribution in [0.3, 0.4) is 0 Å². The van der Waals surface area contributed by atoms with Crippen LogP contribution in [0.2, 0.25) is 0 Å². The van der Waals surface area contributed by atoms with Crippen LogP contribution in [0.5, 0.6) is 11.5 Å². The third-order valence-corrected chi connectivity index (χ3v) is 4.01. The molecule has 1 N–H and O–H groups in total. The van der Waals surface area contributed by atoms with E-state index in [1.807, 2.05) is 35.7 Å². The molecule has 2 aromatic heterocycles. The lowest BCUT2D eigenvalue weighted by molar-refractivity contribution is 0.402. The van der Waals surface area contributed by atoms with Crippen molar-refractivity contribution in [1.82, 2.24) is 9.97 Å². The van der Waals surface area contributed by atoms with Crippen molar-refractivity contribution in [2.75, 3.05) is 19.6 Å². The third kappa shape index (κ3) is 3.69.